The molecule has 0 aliphatic rings. The molecule has 1 atom stereocenters. The Morgan fingerprint density at radius 3 is 1.64 bits per heavy atom. The quantitative estimate of drug-likeness (QED) is 0.591. The van der Waals surface area contributed by atoms with Gasteiger partial charge in [-0.15, -0.1) is 0 Å². The fourth-order valence-electron chi connectivity index (χ4n) is 0.277. The van der Waals surface area contributed by atoms with Crippen molar-refractivity contribution in [3.8, 4) is 0 Å². The van der Waals surface area contributed by atoms with Crippen LogP contribution in [0.4, 0.5) is 0 Å². The minimum Gasteiger partial charge on any atom is -0.229 e. The fourth-order valence-corrected chi connectivity index (χ4v) is 3.08. The molecule has 0 fully saturated rings. The number of hydrogen-bond acceptors (Lipinski definition) is 4. The van der Waals surface area contributed by atoms with Crippen molar-refractivity contribution in [2.24, 2.45) is 10.3 Å². The lowest BCUT2D eigenvalue weighted by molar-refractivity contribution is 0.587. The van der Waals surface area contributed by atoms with E-state index in [-0.39, 0.29) is 0 Å². The zero-order chi connectivity index (χ0) is 9.28. The Morgan fingerprint density at radius 1 is 1.18 bits per heavy atom. The Kier molecular flexibility index (Phi) is 3.44. The Balaban J connectivity index is 4.47. The van der Waals surface area contributed by atoms with Crippen LogP contribution in [-0.2, 0) is 20.0 Å². The highest BCUT2D eigenvalue weighted by molar-refractivity contribution is 9.11. The lowest BCUT2D eigenvalue weighted by Gasteiger charge is -2.03. The second-order valence-corrected chi connectivity index (χ2v) is 6.95. The number of halogens is 1. The first-order valence-corrected chi connectivity index (χ1v) is 6.53. The highest BCUT2D eigenvalue weighted by Gasteiger charge is 2.22. The Bertz CT molecular complexity index is 318. The van der Waals surface area contributed by atoms with E-state index in [0.717, 1.165) is 0 Å². The molecule has 1 unspecified atom stereocenters. The third-order valence-corrected chi connectivity index (χ3v) is 4.92. The zero-order valence-electron chi connectivity index (χ0n) is 5.27. The van der Waals surface area contributed by atoms with Gasteiger partial charge in [-0.3, -0.25) is 0 Å². The molecular weight excluding hydrogens is 260 g/mol. The first-order chi connectivity index (χ1) is 4.63. The molecule has 0 rings (SSSR count). The summed E-state index contributed by atoms with van der Waals surface area (Å²) in [6.45, 7) is 0. The molecule has 0 amide bonds. The number of nitrogens with two attached hydrogens (primary N) is 2. The second-order valence-electron chi connectivity index (χ2n) is 1.83. The van der Waals surface area contributed by atoms with Crippen LogP contribution >= 0.6 is 15.9 Å². The molecule has 6 nitrogen and oxygen atoms in total. The van der Waals surface area contributed by atoms with Crippen molar-refractivity contribution in [2.45, 2.75) is 4.16 Å². The van der Waals surface area contributed by atoms with Crippen molar-refractivity contribution in [2.75, 3.05) is 5.75 Å². The van der Waals surface area contributed by atoms with E-state index in [1.54, 1.807) is 0 Å². The maximum Gasteiger partial charge on any atom is 0.223 e. The molecule has 0 aromatic heterocycles. The van der Waals surface area contributed by atoms with E-state index in [1.807, 2.05) is 0 Å². The van der Waals surface area contributed by atoms with Crippen LogP contribution < -0.4 is 10.3 Å². The van der Waals surface area contributed by atoms with E-state index in [9.17, 15) is 16.8 Å². The predicted octanol–water partition coefficient (Wildman–Crippen LogP) is -1.72. The van der Waals surface area contributed by atoms with Gasteiger partial charge in [0.15, 0.2) is 0 Å². The summed E-state index contributed by atoms with van der Waals surface area (Å²) in [4.78, 5) is 0. The van der Waals surface area contributed by atoms with E-state index < -0.39 is 30.0 Å². The topological polar surface area (TPSA) is 120 Å². The summed E-state index contributed by atoms with van der Waals surface area (Å²) in [5.41, 5.74) is 0. The lowest BCUT2D eigenvalue weighted by Crippen LogP contribution is -2.32. The van der Waals surface area contributed by atoms with Crippen molar-refractivity contribution in [1.82, 2.24) is 0 Å². The maximum absolute atomic E-state index is 10.4. The van der Waals surface area contributed by atoms with Crippen molar-refractivity contribution in [3.05, 3.63) is 0 Å². The summed E-state index contributed by atoms with van der Waals surface area (Å²) < 4.78 is 40.1. The van der Waals surface area contributed by atoms with Crippen LogP contribution in [0.25, 0.3) is 0 Å². The van der Waals surface area contributed by atoms with Gasteiger partial charge in [0.05, 0.1) is 5.75 Å². The van der Waals surface area contributed by atoms with E-state index in [0.29, 0.717) is 0 Å². The number of alkyl halides is 1. The molecule has 4 N–H and O–H groups in total. The molecule has 0 radical (unpaired) electrons. The van der Waals surface area contributed by atoms with Gasteiger partial charge in [0.25, 0.3) is 0 Å². The van der Waals surface area contributed by atoms with Gasteiger partial charge in [-0.1, -0.05) is 15.9 Å². The largest absolute Gasteiger partial charge is 0.229 e. The smallest absolute Gasteiger partial charge is 0.223 e. The van der Waals surface area contributed by atoms with E-state index >= 15 is 0 Å². The first-order valence-electron chi connectivity index (χ1n) is 2.29. The molecule has 9 heteroatoms. The third-order valence-electron chi connectivity index (χ3n) is 0.720. The van der Waals surface area contributed by atoms with Crippen molar-refractivity contribution in [3.63, 3.8) is 0 Å². The van der Waals surface area contributed by atoms with Crippen molar-refractivity contribution < 1.29 is 16.8 Å². The Labute approximate surface area is 73.2 Å². The number of rotatable bonds is 3. The molecule has 0 heterocycles. The minimum atomic E-state index is -3.88. The summed E-state index contributed by atoms with van der Waals surface area (Å²) in [6.07, 6.45) is 0. The molecule has 0 saturated heterocycles. The third kappa shape index (κ3) is 5.56. The summed E-state index contributed by atoms with van der Waals surface area (Å²) in [5, 5.41) is 9.15. The van der Waals surface area contributed by atoms with Gasteiger partial charge in [0.1, 0.15) is 4.16 Å². The van der Waals surface area contributed by atoms with Gasteiger partial charge in [-0.2, -0.15) is 0 Å². The summed E-state index contributed by atoms with van der Waals surface area (Å²) in [6, 6.07) is 0. The highest BCUT2D eigenvalue weighted by atomic mass is 79.9. The summed E-state index contributed by atoms with van der Waals surface area (Å²) in [7, 11) is -7.69. The average Bonchev–Trinajstić information content (AvgIpc) is 1.56. The normalized spacial score (nSPS) is 16.3. The van der Waals surface area contributed by atoms with Crippen LogP contribution in [0.3, 0.4) is 0 Å². The van der Waals surface area contributed by atoms with Crippen LogP contribution in [0.1, 0.15) is 0 Å². The Hall–Kier alpha value is 0.300. The van der Waals surface area contributed by atoms with Gasteiger partial charge in [0.2, 0.25) is 20.0 Å². The van der Waals surface area contributed by atoms with E-state index in [4.69, 9.17) is 0 Å². The Morgan fingerprint density at radius 2 is 1.55 bits per heavy atom. The number of hydrogen-bond donors (Lipinski definition) is 2. The van der Waals surface area contributed by atoms with Gasteiger partial charge in [-0.05, 0) is 0 Å². The molecule has 11 heavy (non-hydrogen) atoms. The molecule has 0 aliphatic carbocycles. The van der Waals surface area contributed by atoms with Gasteiger partial charge < -0.3 is 0 Å². The minimum absolute atomic E-state index is 0.730. The summed E-state index contributed by atoms with van der Waals surface area (Å²) in [5.74, 6) is -0.730. The predicted molar refractivity (Wildman–Crippen MR) is 43.8 cm³/mol. The van der Waals surface area contributed by atoms with Gasteiger partial charge in [-0.25, -0.2) is 27.1 Å². The molecule has 68 valence electrons. The first kappa shape index (κ1) is 11.3. The average molecular weight is 267 g/mol. The maximum atomic E-state index is 10.4. The van der Waals surface area contributed by atoms with Crippen molar-refractivity contribution in [1.29, 1.82) is 0 Å². The van der Waals surface area contributed by atoms with Crippen LogP contribution in [0.5, 0.6) is 0 Å². The molecule has 0 saturated carbocycles. The number of primary sulfonamides is 2. The zero-order valence-corrected chi connectivity index (χ0v) is 8.49. The molecule has 0 aliphatic heterocycles. The molecule has 0 aromatic carbocycles. The monoisotopic (exact) mass is 266 g/mol. The van der Waals surface area contributed by atoms with Crippen molar-refractivity contribution >= 4 is 36.0 Å². The van der Waals surface area contributed by atoms with Crippen LogP contribution in [0.15, 0.2) is 0 Å². The molecular formula is C2H7BrN2O4S2. The lowest BCUT2D eigenvalue weighted by atomic mass is 11.0. The standard InChI is InChI=1S/C2H7BrN2O4S2/c3-2(11(5,8)9)1-10(4,6)7/h2H,1H2,(H2,4,6,7)(H2,5,8,9). The fraction of sp³-hybridized carbons (Fsp3) is 1.00. The second kappa shape index (κ2) is 3.35. The van der Waals surface area contributed by atoms with Crippen LogP contribution in [0, 0.1) is 0 Å². The SMILES string of the molecule is NS(=O)(=O)CC(Br)S(N)(=O)=O. The molecule has 0 aromatic rings. The van der Waals surface area contributed by atoms with Gasteiger partial charge in [0, 0.05) is 0 Å². The molecule has 0 spiro atoms. The van der Waals surface area contributed by atoms with E-state index in [2.05, 4.69) is 26.2 Å². The molecule has 0 bridgehead atoms. The van der Waals surface area contributed by atoms with E-state index in [1.165, 1.54) is 0 Å². The number of sulfonamides is 2. The highest BCUT2D eigenvalue weighted by Crippen LogP contribution is 2.06. The summed E-state index contributed by atoms with van der Waals surface area (Å²) >= 11 is 2.56. The van der Waals surface area contributed by atoms with Crippen LogP contribution in [0.2, 0.25) is 0 Å². The van der Waals surface area contributed by atoms with Crippen LogP contribution in [-0.4, -0.2) is 26.7 Å². The van der Waals surface area contributed by atoms with Gasteiger partial charge >= 0.3 is 0 Å².